The number of nitrogens with zero attached hydrogens (tertiary/aromatic N) is 1. The van der Waals surface area contributed by atoms with Crippen molar-refractivity contribution in [1.82, 2.24) is 4.31 Å². The molecule has 1 rings (SSSR count). The number of alkyl halides is 1. The summed E-state index contributed by atoms with van der Waals surface area (Å²) in [5.74, 6) is 0. The summed E-state index contributed by atoms with van der Waals surface area (Å²) in [7, 11) is -1.89. The molecule has 0 heterocycles. The van der Waals surface area contributed by atoms with Gasteiger partial charge in [0.05, 0.1) is 4.90 Å². The van der Waals surface area contributed by atoms with E-state index in [9.17, 15) is 8.42 Å². The minimum atomic E-state index is -3.48. The summed E-state index contributed by atoms with van der Waals surface area (Å²) in [5, 5.41) is 0.570. The first-order chi connectivity index (χ1) is 7.73. The molecule has 0 amide bonds. The third-order valence-electron chi connectivity index (χ3n) is 2.65. The van der Waals surface area contributed by atoms with E-state index in [2.05, 4.69) is 31.9 Å². The molecule has 0 bridgehead atoms. The van der Waals surface area contributed by atoms with E-state index in [1.165, 1.54) is 4.31 Å². The van der Waals surface area contributed by atoms with Crippen molar-refractivity contribution in [1.29, 1.82) is 0 Å². The maximum Gasteiger partial charge on any atom is 0.244 e. The van der Waals surface area contributed by atoms with Gasteiger partial charge in [-0.2, -0.15) is 4.31 Å². The number of hydrogen-bond acceptors (Lipinski definition) is 2. The van der Waals surface area contributed by atoms with E-state index in [-0.39, 0.29) is 4.90 Å². The lowest BCUT2D eigenvalue weighted by atomic mass is 10.1. The van der Waals surface area contributed by atoms with Gasteiger partial charge in [-0.1, -0.05) is 28.1 Å². The second-order valence-electron chi connectivity index (χ2n) is 4.35. The van der Waals surface area contributed by atoms with Gasteiger partial charge in [0.15, 0.2) is 0 Å². The van der Waals surface area contributed by atoms with E-state index in [0.717, 1.165) is 0 Å². The van der Waals surface area contributed by atoms with Crippen LogP contribution < -0.4 is 0 Å². The lowest BCUT2D eigenvalue weighted by molar-refractivity contribution is 0.299. The third-order valence-corrected chi connectivity index (χ3v) is 7.11. The van der Waals surface area contributed by atoms with Gasteiger partial charge >= 0.3 is 0 Å². The van der Waals surface area contributed by atoms with Gasteiger partial charge in [0.25, 0.3) is 0 Å². The first-order valence-electron chi connectivity index (χ1n) is 5.03. The summed E-state index contributed by atoms with van der Waals surface area (Å²) in [6.07, 6.45) is 0. The highest BCUT2D eigenvalue weighted by Gasteiger charge is 2.34. The number of halogens is 2. The van der Waals surface area contributed by atoms with Gasteiger partial charge in [-0.3, -0.25) is 0 Å². The molecule has 0 unspecified atom stereocenters. The Labute approximate surface area is 120 Å². The maximum absolute atomic E-state index is 12.4. The number of benzene rings is 1. The predicted octanol–water partition coefficient (Wildman–Crippen LogP) is 3.24. The van der Waals surface area contributed by atoms with Crippen LogP contribution >= 0.6 is 31.9 Å². The van der Waals surface area contributed by atoms with Gasteiger partial charge < -0.3 is 0 Å². The molecule has 0 atom stereocenters. The number of rotatable bonds is 4. The zero-order chi connectivity index (χ0) is 13.3. The first-order valence-corrected chi connectivity index (χ1v) is 8.38. The second kappa shape index (κ2) is 5.38. The van der Waals surface area contributed by atoms with E-state index < -0.39 is 15.6 Å². The molecule has 96 valence electrons. The van der Waals surface area contributed by atoms with Crippen LogP contribution in [0.15, 0.2) is 33.6 Å². The van der Waals surface area contributed by atoms with Crippen LogP contribution in [0.5, 0.6) is 0 Å². The van der Waals surface area contributed by atoms with E-state index in [0.29, 0.717) is 9.80 Å². The molecule has 0 radical (unpaired) electrons. The Bertz CT molecular complexity index is 500. The average Bonchev–Trinajstić information content (AvgIpc) is 2.28. The molecule has 3 nitrogen and oxygen atoms in total. The minimum absolute atomic E-state index is 0.288. The third kappa shape index (κ3) is 3.10. The topological polar surface area (TPSA) is 37.4 Å². The Balaban J connectivity index is 3.26. The Morgan fingerprint density at radius 2 is 1.82 bits per heavy atom. The fourth-order valence-electron chi connectivity index (χ4n) is 1.21. The zero-order valence-electron chi connectivity index (χ0n) is 9.94. The molecular formula is C11H15Br2NO2S. The number of hydrogen-bond donors (Lipinski definition) is 0. The van der Waals surface area contributed by atoms with Crippen LogP contribution in [0.1, 0.15) is 13.8 Å². The Morgan fingerprint density at radius 3 is 2.29 bits per heavy atom. The van der Waals surface area contributed by atoms with Crippen molar-refractivity contribution in [2.75, 3.05) is 12.4 Å². The van der Waals surface area contributed by atoms with Gasteiger partial charge in [-0.15, -0.1) is 0 Å². The lowest BCUT2D eigenvalue weighted by Gasteiger charge is -2.33. The molecule has 0 aromatic heterocycles. The van der Waals surface area contributed by atoms with Crippen LogP contribution in [-0.2, 0) is 10.0 Å². The van der Waals surface area contributed by atoms with Gasteiger partial charge in [-0.05, 0) is 41.9 Å². The normalized spacial score (nSPS) is 13.1. The molecular weight excluding hydrogens is 370 g/mol. The quantitative estimate of drug-likeness (QED) is 0.747. The Hall–Kier alpha value is 0.0900. The van der Waals surface area contributed by atoms with Crippen LogP contribution in [0.3, 0.4) is 0 Å². The van der Waals surface area contributed by atoms with Crippen LogP contribution in [0.2, 0.25) is 0 Å². The Morgan fingerprint density at radius 1 is 1.29 bits per heavy atom. The molecule has 0 saturated heterocycles. The van der Waals surface area contributed by atoms with Crippen LogP contribution in [-0.4, -0.2) is 30.6 Å². The monoisotopic (exact) mass is 383 g/mol. The minimum Gasteiger partial charge on any atom is -0.207 e. The van der Waals surface area contributed by atoms with Crippen molar-refractivity contribution in [2.45, 2.75) is 24.3 Å². The van der Waals surface area contributed by atoms with E-state index in [1.807, 2.05) is 13.8 Å². The van der Waals surface area contributed by atoms with E-state index in [1.54, 1.807) is 31.3 Å². The SMILES string of the molecule is CN(C(C)(C)CBr)S(=O)(=O)c1ccccc1Br. The van der Waals surface area contributed by atoms with Crippen molar-refractivity contribution in [3.05, 3.63) is 28.7 Å². The van der Waals surface area contributed by atoms with Crippen molar-refractivity contribution in [3.8, 4) is 0 Å². The fraction of sp³-hybridized carbons (Fsp3) is 0.455. The van der Waals surface area contributed by atoms with E-state index >= 15 is 0 Å². The summed E-state index contributed by atoms with van der Waals surface area (Å²) < 4.78 is 26.8. The second-order valence-corrected chi connectivity index (χ2v) is 7.70. The zero-order valence-corrected chi connectivity index (χ0v) is 13.9. The summed E-state index contributed by atoms with van der Waals surface area (Å²) in [5.41, 5.74) is -0.478. The molecule has 1 aromatic carbocycles. The van der Waals surface area contributed by atoms with Crippen LogP contribution in [0.4, 0.5) is 0 Å². The molecule has 0 aliphatic heterocycles. The molecule has 0 fully saturated rings. The molecule has 0 aliphatic carbocycles. The molecule has 0 saturated carbocycles. The van der Waals surface area contributed by atoms with Crippen molar-refractivity contribution in [2.24, 2.45) is 0 Å². The molecule has 0 aliphatic rings. The average molecular weight is 385 g/mol. The fourth-order valence-corrected chi connectivity index (χ4v) is 4.23. The van der Waals surface area contributed by atoms with E-state index in [4.69, 9.17) is 0 Å². The molecule has 1 aromatic rings. The number of sulfonamides is 1. The predicted molar refractivity (Wildman–Crippen MR) is 77.0 cm³/mol. The van der Waals surface area contributed by atoms with Gasteiger partial charge in [0.2, 0.25) is 10.0 Å². The maximum atomic E-state index is 12.4. The molecule has 0 N–H and O–H groups in total. The Kier molecular flexibility index (Phi) is 4.80. The standard InChI is InChI=1S/C11H15Br2NO2S/c1-11(2,8-12)14(3)17(15,16)10-7-5-4-6-9(10)13/h4-7H,8H2,1-3H3. The summed E-state index contributed by atoms with van der Waals surface area (Å²) in [6, 6.07) is 6.83. The highest BCUT2D eigenvalue weighted by atomic mass is 79.9. The van der Waals surface area contributed by atoms with Crippen molar-refractivity contribution in [3.63, 3.8) is 0 Å². The lowest BCUT2D eigenvalue weighted by Crippen LogP contribution is -2.46. The summed E-state index contributed by atoms with van der Waals surface area (Å²) in [4.78, 5) is 0.288. The van der Waals surface area contributed by atoms with Crippen molar-refractivity contribution >= 4 is 41.9 Å². The largest absolute Gasteiger partial charge is 0.244 e. The highest BCUT2D eigenvalue weighted by Crippen LogP contribution is 2.28. The van der Waals surface area contributed by atoms with Crippen LogP contribution in [0, 0.1) is 0 Å². The first kappa shape index (κ1) is 15.1. The van der Waals surface area contributed by atoms with Crippen molar-refractivity contribution < 1.29 is 8.42 Å². The smallest absolute Gasteiger partial charge is 0.207 e. The van der Waals surface area contributed by atoms with Gasteiger partial charge in [0, 0.05) is 22.4 Å². The molecule has 17 heavy (non-hydrogen) atoms. The summed E-state index contributed by atoms with van der Waals surface area (Å²) >= 11 is 6.61. The highest BCUT2D eigenvalue weighted by molar-refractivity contribution is 9.10. The van der Waals surface area contributed by atoms with Gasteiger partial charge in [0.1, 0.15) is 0 Å². The molecule has 6 heteroatoms. The van der Waals surface area contributed by atoms with Gasteiger partial charge in [-0.25, -0.2) is 8.42 Å². The molecule has 0 spiro atoms. The summed E-state index contributed by atoms with van der Waals surface area (Å²) in [6.45, 7) is 3.74. The van der Waals surface area contributed by atoms with Crippen LogP contribution in [0.25, 0.3) is 0 Å².